The number of hydrogen-bond donors (Lipinski definition) is 2. The first kappa shape index (κ1) is 15.3. The lowest BCUT2D eigenvalue weighted by atomic mass is 10.2. The van der Waals surface area contributed by atoms with Gasteiger partial charge in [-0.05, 0) is 43.2 Å². The van der Waals surface area contributed by atoms with Crippen molar-refractivity contribution in [2.45, 2.75) is 44.8 Å². The van der Waals surface area contributed by atoms with E-state index in [1.807, 2.05) is 0 Å². The van der Waals surface area contributed by atoms with Crippen LogP contribution < -0.4 is 20.1 Å². The summed E-state index contributed by atoms with van der Waals surface area (Å²) in [5.41, 5.74) is 0.535. The highest BCUT2D eigenvalue weighted by Crippen LogP contribution is 2.47. The van der Waals surface area contributed by atoms with Gasteiger partial charge in [-0.1, -0.05) is 6.92 Å². The summed E-state index contributed by atoms with van der Waals surface area (Å²) in [6.07, 6.45) is 5.07. The fraction of sp³-hybridized carbons (Fsp3) is 0.556. The highest BCUT2D eigenvalue weighted by molar-refractivity contribution is 6.39. The lowest BCUT2D eigenvalue weighted by Crippen LogP contribution is -2.36. The van der Waals surface area contributed by atoms with Crippen LogP contribution in [0.4, 0.5) is 5.69 Å². The maximum absolute atomic E-state index is 12.0. The standard InChI is InChI=1S/C18H22N2O4/c1-11-8-12(11)10-19-16(21)17(22)20-13-4-5-14-15(9-13)24-18(23-14)6-2-3-7-18/h4-5,9,11-12H,2-3,6-8,10H2,1H3,(H,19,21)(H,20,22)/t11-,12+/m0/s1. The van der Waals surface area contributed by atoms with Gasteiger partial charge in [0, 0.05) is 31.1 Å². The second-order valence-electron chi connectivity index (χ2n) is 7.12. The van der Waals surface area contributed by atoms with Crippen molar-refractivity contribution < 1.29 is 19.1 Å². The molecule has 0 saturated heterocycles. The highest BCUT2D eigenvalue weighted by Gasteiger charge is 2.44. The summed E-state index contributed by atoms with van der Waals surface area (Å²) < 4.78 is 11.9. The Labute approximate surface area is 140 Å². The number of benzene rings is 1. The van der Waals surface area contributed by atoms with E-state index in [0.29, 0.717) is 35.6 Å². The van der Waals surface area contributed by atoms with Crippen LogP contribution in [0.1, 0.15) is 39.0 Å². The molecular weight excluding hydrogens is 308 g/mol. The first-order chi connectivity index (χ1) is 11.5. The van der Waals surface area contributed by atoms with Gasteiger partial charge in [0.1, 0.15) is 0 Å². The van der Waals surface area contributed by atoms with Crippen molar-refractivity contribution in [3.63, 3.8) is 0 Å². The summed E-state index contributed by atoms with van der Waals surface area (Å²) in [6, 6.07) is 5.22. The number of fused-ring (bicyclic) bond motifs is 1. The summed E-state index contributed by atoms with van der Waals surface area (Å²) >= 11 is 0. The van der Waals surface area contributed by atoms with Crippen molar-refractivity contribution in [1.82, 2.24) is 5.32 Å². The van der Waals surface area contributed by atoms with E-state index >= 15 is 0 Å². The van der Waals surface area contributed by atoms with Crippen LogP contribution in [-0.2, 0) is 9.59 Å². The van der Waals surface area contributed by atoms with E-state index in [1.165, 1.54) is 0 Å². The molecule has 2 amide bonds. The zero-order valence-corrected chi connectivity index (χ0v) is 13.8. The molecule has 1 heterocycles. The first-order valence-corrected chi connectivity index (χ1v) is 8.66. The highest BCUT2D eigenvalue weighted by atomic mass is 16.7. The Morgan fingerprint density at radius 2 is 1.88 bits per heavy atom. The molecule has 1 aromatic rings. The average molecular weight is 330 g/mol. The van der Waals surface area contributed by atoms with Gasteiger partial charge in [-0.15, -0.1) is 0 Å². The van der Waals surface area contributed by atoms with E-state index in [-0.39, 0.29) is 0 Å². The second-order valence-corrected chi connectivity index (χ2v) is 7.12. The summed E-state index contributed by atoms with van der Waals surface area (Å²) in [6.45, 7) is 2.71. The maximum Gasteiger partial charge on any atom is 0.313 e. The Hall–Kier alpha value is -2.24. The molecule has 2 N–H and O–H groups in total. The minimum absolute atomic E-state index is 0.509. The van der Waals surface area contributed by atoms with E-state index in [9.17, 15) is 9.59 Å². The second kappa shape index (κ2) is 5.69. The smallest absolute Gasteiger partial charge is 0.313 e. The third kappa shape index (κ3) is 2.92. The molecule has 0 bridgehead atoms. The van der Waals surface area contributed by atoms with E-state index in [4.69, 9.17) is 9.47 Å². The molecule has 128 valence electrons. The number of carbonyl (C=O) groups excluding carboxylic acids is 2. The Morgan fingerprint density at radius 3 is 2.58 bits per heavy atom. The van der Waals surface area contributed by atoms with Crippen molar-refractivity contribution in [1.29, 1.82) is 0 Å². The van der Waals surface area contributed by atoms with Gasteiger partial charge in [-0.3, -0.25) is 9.59 Å². The number of hydrogen-bond acceptors (Lipinski definition) is 4. The molecule has 3 aliphatic rings. The van der Waals surface area contributed by atoms with Gasteiger partial charge >= 0.3 is 11.8 Å². The van der Waals surface area contributed by atoms with Gasteiger partial charge in [0.2, 0.25) is 0 Å². The number of rotatable bonds is 3. The third-order valence-corrected chi connectivity index (χ3v) is 5.17. The summed E-state index contributed by atoms with van der Waals surface area (Å²) in [7, 11) is 0. The zero-order chi connectivity index (χ0) is 16.7. The van der Waals surface area contributed by atoms with E-state index < -0.39 is 17.6 Å². The minimum Gasteiger partial charge on any atom is -0.448 e. The van der Waals surface area contributed by atoms with E-state index in [2.05, 4.69) is 17.6 Å². The fourth-order valence-corrected chi connectivity index (χ4v) is 3.46. The monoisotopic (exact) mass is 330 g/mol. The third-order valence-electron chi connectivity index (χ3n) is 5.17. The van der Waals surface area contributed by atoms with Crippen molar-refractivity contribution in [2.75, 3.05) is 11.9 Å². The van der Waals surface area contributed by atoms with Crippen LogP contribution in [0, 0.1) is 11.8 Å². The molecule has 24 heavy (non-hydrogen) atoms. The van der Waals surface area contributed by atoms with Crippen LogP contribution in [0.25, 0.3) is 0 Å². The maximum atomic E-state index is 12.0. The number of carbonyl (C=O) groups is 2. The molecule has 0 aromatic heterocycles. The van der Waals surface area contributed by atoms with Crippen LogP contribution in [0.15, 0.2) is 18.2 Å². The molecule has 6 heteroatoms. The predicted octanol–water partition coefficient (Wildman–Crippen LogP) is 2.44. The van der Waals surface area contributed by atoms with Crippen molar-refractivity contribution in [3.8, 4) is 11.5 Å². The van der Waals surface area contributed by atoms with Gasteiger partial charge in [-0.2, -0.15) is 0 Å². The Kier molecular flexibility index (Phi) is 3.62. The van der Waals surface area contributed by atoms with Crippen LogP contribution >= 0.6 is 0 Å². The van der Waals surface area contributed by atoms with Gasteiger partial charge in [0.15, 0.2) is 11.5 Å². The largest absolute Gasteiger partial charge is 0.448 e. The summed E-state index contributed by atoms with van der Waals surface area (Å²) in [5.74, 6) is 0.698. The summed E-state index contributed by atoms with van der Waals surface area (Å²) in [4.78, 5) is 23.8. The Balaban J connectivity index is 1.36. The molecule has 6 nitrogen and oxygen atoms in total. The van der Waals surface area contributed by atoms with Crippen LogP contribution in [0.5, 0.6) is 11.5 Å². The molecule has 0 unspecified atom stereocenters. The predicted molar refractivity (Wildman–Crippen MR) is 87.8 cm³/mol. The van der Waals surface area contributed by atoms with Gasteiger partial charge in [0.25, 0.3) is 5.79 Å². The minimum atomic E-state index is -0.655. The van der Waals surface area contributed by atoms with Crippen molar-refractivity contribution in [3.05, 3.63) is 18.2 Å². The average Bonchev–Trinajstić information content (AvgIpc) is 2.97. The molecule has 4 rings (SSSR count). The molecule has 1 aromatic carbocycles. The molecule has 2 atom stereocenters. The number of nitrogens with one attached hydrogen (secondary N) is 2. The fourth-order valence-electron chi connectivity index (χ4n) is 3.46. The quantitative estimate of drug-likeness (QED) is 0.835. The summed E-state index contributed by atoms with van der Waals surface area (Å²) in [5, 5.41) is 5.30. The molecule has 2 saturated carbocycles. The molecule has 1 spiro atoms. The van der Waals surface area contributed by atoms with Gasteiger partial charge in [-0.25, -0.2) is 0 Å². The van der Waals surface area contributed by atoms with Crippen LogP contribution in [0.3, 0.4) is 0 Å². The van der Waals surface area contributed by atoms with Gasteiger partial charge in [0.05, 0.1) is 0 Å². The zero-order valence-electron chi connectivity index (χ0n) is 13.8. The van der Waals surface area contributed by atoms with Crippen molar-refractivity contribution in [2.24, 2.45) is 11.8 Å². The number of amides is 2. The topological polar surface area (TPSA) is 76.7 Å². The van der Waals surface area contributed by atoms with Crippen molar-refractivity contribution >= 4 is 17.5 Å². The normalized spacial score (nSPS) is 25.5. The Bertz CT molecular complexity index is 682. The number of anilines is 1. The first-order valence-electron chi connectivity index (χ1n) is 8.66. The van der Waals surface area contributed by atoms with E-state index in [0.717, 1.165) is 32.1 Å². The molecule has 0 radical (unpaired) electrons. The molecule has 1 aliphatic heterocycles. The lowest BCUT2D eigenvalue weighted by molar-refractivity contribution is -0.136. The van der Waals surface area contributed by atoms with Gasteiger partial charge < -0.3 is 20.1 Å². The van der Waals surface area contributed by atoms with Crippen LogP contribution in [-0.4, -0.2) is 24.1 Å². The molecule has 2 aliphatic carbocycles. The van der Waals surface area contributed by atoms with E-state index in [1.54, 1.807) is 18.2 Å². The number of ether oxygens (including phenoxy) is 2. The Morgan fingerprint density at radius 1 is 1.17 bits per heavy atom. The van der Waals surface area contributed by atoms with Crippen LogP contribution in [0.2, 0.25) is 0 Å². The SMILES string of the molecule is C[C@H]1C[C@@H]1CNC(=O)C(=O)Nc1ccc2c(c1)OC1(CCCC1)O2. The lowest BCUT2D eigenvalue weighted by Gasteiger charge is -2.21. The molecule has 2 fully saturated rings. The molecular formula is C18H22N2O4.